The minimum atomic E-state index is -0.290. The molecule has 0 aliphatic heterocycles. The van der Waals surface area contributed by atoms with Crippen LogP contribution in [0.25, 0.3) is 0 Å². The van der Waals surface area contributed by atoms with Crippen LogP contribution in [-0.2, 0) is 11.3 Å². The van der Waals surface area contributed by atoms with Crippen LogP contribution in [-0.4, -0.2) is 41.8 Å². The molecule has 0 saturated heterocycles. The number of hydrogen-bond donors (Lipinski definition) is 0. The smallest absolute Gasteiger partial charge is 0.244 e. The molecule has 2 aromatic rings. The molecule has 0 aliphatic rings. The zero-order valence-electron chi connectivity index (χ0n) is 15.5. The predicted octanol–water partition coefficient (Wildman–Crippen LogP) is 3.27. The minimum absolute atomic E-state index is 0.0739. The molecule has 0 unspecified atom stereocenters. The van der Waals surface area contributed by atoms with Crippen LogP contribution in [0.5, 0.6) is 0 Å². The highest BCUT2D eigenvalue weighted by Gasteiger charge is 2.26. The number of aryl methyl sites for hydroxylation is 3. The number of rotatable bonds is 5. The van der Waals surface area contributed by atoms with Gasteiger partial charge in [-0.1, -0.05) is 29.8 Å². The van der Waals surface area contributed by atoms with Crippen molar-refractivity contribution < 1.29 is 4.79 Å². The zero-order valence-corrected chi connectivity index (χ0v) is 15.5. The lowest BCUT2D eigenvalue weighted by molar-refractivity contribution is -0.135. The molecule has 2 rings (SSSR count). The molecule has 0 bridgehead atoms. The van der Waals surface area contributed by atoms with Crippen molar-refractivity contribution in [2.24, 2.45) is 0 Å². The first-order valence-electron chi connectivity index (χ1n) is 8.20. The van der Waals surface area contributed by atoms with Crippen molar-refractivity contribution in [3.63, 3.8) is 0 Å². The maximum absolute atomic E-state index is 13.0. The summed E-state index contributed by atoms with van der Waals surface area (Å²) in [6.07, 6.45) is 0. The molecule has 1 amide bonds. The Hall–Kier alpha value is -2.20. The number of amides is 1. The van der Waals surface area contributed by atoms with E-state index >= 15 is 0 Å². The second-order valence-electron chi connectivity index (χ2n) is 6.75. The van der Waals surface area contributed by atoms with Gasteiger partial charge in [-0.15, -0.1) is 0 Å². The van der Waals surface area contributed by atoms with E-state index in [0.29, 0.717) is 6.54 Å². The van der Waals surface area contributed by atoms with E-state index in [-0.39, 0.29) is 11.9 Å². The summed E-state index contributed by atoms with van der Waals surface area (Å²) in [7, 11) is 5.71. The van der Waals surface area contributed by atoms with Crippen LogP contribution in [0.3, 0.4) is 0 Å². The molecule has 24 heavy (non-hydrogen) atoms. The Morgan fingerprint density at radius 2 is 1.62 bits per heavy atom. The third-order valence-electron chi connectivity index (χ3n) is 4.07. The topological polar surface area (TPSA) is 36.4 Å². The van der Waals surface area contributed by atoms with E-state index in [9.17, 15) is 4.79 Å². The minimum Gasteiger partial charge on any atom is -0.338 e. The molecule has 128 valence electrons. The average Bonchev–Trinajstić information content (AvgIpc) is 2.47. The van der Waals surface area contributed by atoms with Crippen molar-refractivity contribution in [2.75, 3.05) is 21.1 Å². The number of likely N-dealkylation sites (N-methyl/N-ethyl adjacent to an activating group) is 2. The van der Waals surface area contributed by atoms with Crippen LogP contribution in [0.1, 0.15) is 34.1 Å². The Bertz CT molecular complexity index is 687. The number of nitrogens with zero attached hydrogens (tertiary/aromatic N) is 3. The summed E-state index contributed by atoms with van der Waals surface area (Å²) in [4.78, 5) is 21.3. The van der Waals surface area contributed by atoms with E-state index in [4.69, 9.17) is 0 Å². The van der Waals surface area contributed by atoms with E-state index in [0.717, 1.165) is 17.0 Å². The van der Waals surface area contributed by atoms with Crippen LogP contribution in [0.15, 0.2) is 36.4 Å². The van der Waals surface area contributed by atoms with Gasteiger partial charge >= 0.3 is 0 Å². The molecule has 4 nitrogen and oxygen atoms in total. The number of aromatic nitrogens is 1. The first kappa shape index (κ1) is 18.1. The van der Waals surface area contributed by atoms with Gasteiger partial charge in [-0.3, -0.25) is 14.7 Å². The van der Waals surface area contributed by atoms with Crippen molar-refractivity contribution in [3.05, 3.63) is 64.5 Å². The van der Waals surface area contributed by atoms with Crippen molar-refractivity contribution in [2.45, 2.75) is 33.4 Å². The van der Waals surface area contributed by atoms with Gasteiger partial charge in [0.15, 0.2) is 0 Å². The average molecular weight is 325 g/mol. The maximum atomic E-state index is 13.0. The van der Waals surface area contributed by atoms with Crippen molar-refractivity contribution in [1.29, 1.82) is 0 Å². The summed E-state index contributed by atoms with van der Waals surface area (Å²) < 4.78 is 0. The van der Waals surface area contributed by atoms with Gasteiger partial charge in [-0.05, 0) is 58.1 Å². The van der Waals surface area contributed by atoms with E-state index < -0.39 is 0 Å². The van der Waals surface area contributed by atoms with Crippen LogP contribution in [0.2, 0.25) is 0 Å². The fourth-order valence-corrected chi connectivity index (χ4v) is 2.95. The highest BCUT2D eigenvalue weighted by Crippen LogP contribution is 2.22. The lowest BCUT2D eigenvalue weighted by Gasteiger charge is -2.28. The number of benzene rings is 1. The largest absolute Gasteiger partial charge is 0.338 e. The molecule has 0 aliphatic carbocycles. The van der Waals surface area contributed by atoms with E-state index in [1.165, 1.54) is 11.1 Å². The van der Waals surface area contributed by atoms with Crippen molar-refractivity contribution >= 4 is 5.91 Å². The molecule has 4 heteroatoms. The molecule has 0 saturated carbocycles. The summed E-state index contributed by atoms with van der Waals surface area (Å²) in [5, 5.41) is 0. The molecule has 1 aromatic carbocycles. The van der Waals surface area contributed by atoms with Gasteiger partial charge in [0, 0.05) is 12.7 Å². The molecule has 0 spiro atoms. The van der Waals surface area contributed by atoms with Gasteiger partial charge in [0.25, 0.3) is 0 Å². The van der Waals surface area contributed by atoms with Crippen LogP contribution in [0.4, 0.5) is 0 Å². The van der Waals surface area contributed by atoms with Crippen LogP contribution < -0.4 is 0 Å². The normalized spacial score (nSPS) is 12.3. The van der Waals surface area contributed by atoms with Gasteiger partial charge in [-0.25, -0.2) is 0 Å². The monoisotopic (exact) mass is 325 g/mol. The van der Waals surface area contributed by atoms with Gasteiger partial charge in [-0.2, -0.15) is 0 Å². The Balaban J connectivity index is 2.21. The van der Waals surface area contributed by atoms with Gasteiger partial charge in [0.2, 0.25) is 5.91 Å². The van der Waals surface area contributed by atoms with Crippen molar-refractivity contribution in [3.8, 4) is 0 Å². The highest BCUT2D eigenvalue weighted by molar-refractivity contribution is 5.83. The third-order valence-corrected chi connectivity index (χ3v) is 4.07. The molecule has 0 fully saturated rings. The quantitative estimate of drug-likeness (QED) is 0.846. The number of carbonyl (C=O) groups is 1. The molecular formula is C20H27N3O. The second kappa shape index (κ2) is 7.58. The summed E-state index contributed by atoms with van der Waals surface area (Å²) in [5.74, 6) is 0.0739. The van der Waals surface area contributed by atoms with E-state index in [1.807, 2.05) is 76.3 Å². The maximum Gasteiger partial charge on any atom is 0.244 e. The second-order valence-corrected chi connectivity index (χ2v) is 6.75. The molecular weight excluding hydrogens is 298 g/mol. The summed E-state index contributed by atoms with van der Waals surface area (Å²) in [6, 6.07) is 11.9. The lowest BCUT2D eigenvalue weighted by atomic mass is 10.0. The Labute approximate surface area is 145 Å². The van der Waals surface area contributed by atoms with Crippen LogP contribution in [0, 0.1) is 20.8 Å². The third kappa shape index (κ3) is 4.42. The standard InChI is InChI=1S/C20H27N3O/c1-14-7-9-17(10-8-14)19(22(4)5)20(24)23(6)13-18-12-15(2)11-16(3)21-18/h7-12,19H,13H2,1-6H3/t19-/m0/s1. The highest BCUT2D eigenvalue weighted by atomic mass is 16.2. The molecule has 0 N–H and O–H groups in total. The first-order chi connectivity index (χ1) is 11.3. The Morgan fingerprint density at radius 1 is 1.00 bits per heavy atom. The molecule has 0 radical (unpaired) electrons. The van der Waals surface area contributed by atoms with Gasteiger partial charge in [0.1, 0.15) is 6.04 Å². The summed E-state index contributed by atoms with van der Waals surface area (Å²) in [5.41, 5.74) is 5.27. The Morgan fingerprint density at radius 3 is 2.17 bits per heavy atom. The lowest BCUT2D eigenvalue weighted by Crippen LogP contribution is -2.38. The fraction of sp³-hybridized carbons (Fsp3) is 0.400. The summed E-state index contributed by atoms with van der Waals surface area (Å²) in [6.45, 7) is 6.59. The van der Waals surface area contributed by atoms with Crippen molar-refractivity contribution in [1.82, 2.24) is 14.8 Å². The molecule has 1 atom stereocenters. The Kier molecular flexibility index (Phi) is 5.73. The zero-order chi connectivity index (χ0) is 17.9. The van der Waals surface area contributed by atoms with E-state index in [1.54, 1.807) is 4.90 Å². The predicted molar refractivity (Wildman–Crippen MR) is 97.8 cm³/mol. The molecule has 1 heterocycles. The van der Waals surface area contributed by atoms with Gasteiger partial charge in [0.05, 0.1) is 12.2 Å². The summed E-state index contributed by atoms with van der Waals surface area (Å²) >= 11 is 0. The number of pyridine rings is 1. The number of carbonyl (C=O) groups excluding carboxylic acids is 1. The van der Waals surface area contributed by atoms with E-state index in [2.05, 4.69) is 11.9 Å². The number of hydrogen-bond acceptors (Lipinski definition) is 3. The first-order valence-corrected chi connectivity index (χ1v) is 8.20. The van der Waals surface area contributed by atoms with Gasteiger partial charge < -0.3 is 4.90 Å². The fourth-order valence-electron chi connectivity index (χ4n) is 2.95. The molecule has 1 aromatic heterocycles. The SMILES string of the molecule is Cc1ccc([C@@H](C(=O)N(C)Cc2cc(C)cc(C)n2)N(C)C)cc1. The van der Waals surface area contributed by atoms with Crippen LogP contribution >= 0.6 is 0 Å².